The molecule has 0 aromatic heterocycles. The van der Waals surface area contributed by atoms with Gasteiger partial charge in [-0.2, -0.15) is 0 Å². The molecule has 1 atom stereocenters. The summed E-state index contributed by atoms with van der Waals surface area (Å²) in [5.41, 5.74) is 4.55. The first-order valence-electron chi connectivity index (χ1n) is 6.02. The summed E-state index contributed by atoms with van der Waals surface area (Å²) in [6.07, 6.45) is 2.39. The molecule has 1 aliphatic rings. The Kier molecular flexibility index (Phi) is 3.11. The van der Waals surface area contributed by atoms with Crippen LogP contribution in [0.3, 0.4) is 0 Å². The summed E-state index contributed by atoms with van der Waals surface area (Å²) < 4.78 is 0. The molecule has 2 rings (SSSR count). The fraction of sp³-hybridized carbons (Fsp3) is 0.571. The number of hydrogen-bond donors (Lipinski definition) is 1. The van der Waals surface area contributed by atoms with Gasteiger partial charge in [-0.1, -0.05) is 32.0 Å². The molecule has 0 spiro atoms. The van der Waals surface area contributed by atoms with Gasteiger partial charge in [0.05, 0.1) is 0 Å². The van der Waals surface area contributed by atoms with E-state index in [1.54, 1.807) is 5.56 Å². The number of hydrogen-bond acceptors (Lipinski definition) is 1. The van der Waals surface area contributed by atoms with E-state index in [-0.39, 0.29) is 0 Å². The van der Waals surface area contributed by atoms with Crippen LogP contribution in [0.5, 0.6) is 0 Å². The smallest absolute Gasteiger partial charge is 0.0294 e. The van der Waals surface area contributed by atoms with Gasteiger partial charge < -0.3 is 5.32 Å². The molecule has 0 radical (unpaired) electrons. The number of fused-ring (bicyclic) bond motifs is 1. The second kappa shape index (κ2) is 4.36. The normalized spacial score (nSPS) is 20.4. The summed E-state index contributed by atoms with van der Waals surface area (Å²) in [4.78, 5) is 0. The van der Waals surface area contributed by atoms with Crippen LogP contribution in [0, 0.1) is 5.92 Å². The van der Waals surface area contributed by atoms with Crippen LogP contribution in [0.25, 0.3) is 0 Å². The van der Waals surface area contributed by atoms with Crippen LogP contribution in [0.2, 0.25) is 0 Å². The Balaban J connectivity index is 2.25. The van der Waals surface area contributed by atoms with Crippen molar-refractivity contribution in [1.82, 2.24) is 5.32 Å². The number of benzene rings is 1. The Bertz CT molecular complexity index is 341. The van der Waals surface area contributed by atoms with Crippen LogP contribution >= 0.6 is 0 Å². The van der Waals surface area contributed by atoms with Crippen LogP contribution in [-0.4, -0.2) is 6.54 Å². The minimum atomic E-state index is 0.529. The Morgan fingerprint density at radius 3 is 2.93 bits per heavy atom. The van der Waals surface area contributed by atoms with Crippen molar-refractivity contribution in [2.45, 2.75) is 39.7 Å². The Morgan fingerprint density at radius 2 is 2.20 bits per heavy atom. The molecule has 0 aliphatic carbocycles. The van der Waals surface area contributed by atoms with Gasteiger partial charge in [0.15, 0.2) is 0 Å². The first kappa shape index (κ1) is 10.7. The summed E-state index contributed by atoms with van der Waals surface area (Å²) >= 11 is 0. The summed E-state index contributed by atoms with van der Waals surface area (Å²) in [7, 11) is 0. The second-order valence-electron chi connectivity index (χ2n) is 5.06. The highest BCUT2D eigenvalue weighted by Gasteiger charge is 2.15. The summed E-state index contributed by atoms with van der Waals surface area (Å²) in [6, 6.07) is 7.54. The first-order valence-corrected chi connectivity index (χ1v) is 6.02. The van der Waals surface area contributed by atoms with Gasteiger partial charge in [-0.05, 0) is 48.9 Å². The first-order chi connectivity index (χ1) is 7.16. The molecule has 1 heteroatoms. The molecular weight excluding hydrogens is 182 g/mol. The Labute approximate surface area is 92.9 Å². The third kappa shape index (κ3) is 2.40. The summed E-state index contributed by atoms with van der Waals surface area (Å²) in [6.45, 7) is 7.94. The molecular formula is C14H21N. The molecule has 1 N–H and O–H groups in total. The highest BCUT2D eigenvalue weighted by Crippen LogP contribution is 2.24. The quantitative estimate of drug-likeness (QED) is 0.779. The predicted molar refractivity (Wildman–Crippen MR) is 65.1 cm³/mol. The topological polar surface area (TPSA) is 12.0 Å². The number of rotatable bonds is 2. The Morgan fingerprint density at radius 1 is 1.40 bits per heavy atom. The van der Waals surface area contributed by atoms with E-state index in [1.807, 2.05) is 0 Å². The van der Waals surface area contributed by atoms with Crippen LogP contribution in [0.15, 0.2) is 18.2 Å². The highest BCUT2D eigenvalue weighted by atomic mass is 14.9. The lowest BCUT2D eigenvalue weighted by Crippen LogP contribution is -2.27. The molecule has 1 unspecified atom stereocenters. The molecule has 15 heavy (non-hydrogen) atoms. The van der Waals surface area contributed by atoms with Gasteiger partial charge in [0, 0.05) is 6.04 Å². The molecule has 1 aromatic rings. The molecule has 0 bridgehead atoms. The minimum absolute atomic E-state index is 0.529. The van der Waals surface area contributed by atoms with Crippen molar-refractivity contribution in [3.05, 3.63) is 34.9 Å². The molecule has 0 saturated carbocycles. The molecule has 1 nitrogen and oxygen atoms in total. The third-order valence-electron chi connectivity index (χ3n) is 3.16. The molecule has 1 aromatic carbocycles. The molecule has 1 heterocycles. The lowest BCUT2D eigenvalue weighted by Gasteiger charge is -2.24. The zero-order valence-corrected chi connectivity index (χ0v) is 10.0. The van der Waals surface area contributed by atoms with Crippen molar-refractivity contribution >= 4 is 0 Å². The third-order valence-corrected chi connectivity index (χ3v) is 3.16. The Hall–Kier alpha value is -0.820. The maximum absolute atomic E-state index is 3.50. The second-order valence-corrected chi connectivity index (χ2v) is 5.06. The molecule has 0 amide bonds. The van der Waals surface area contributed by atoms with Crippen molar-refractivity contribution < 1.29 is 0 Å². The summed E-state index contributed by atoms with van der Waals surface area (Å²) in [5, 5.41) is 3.50. The predicted octanol–water partition coefficient (Wildman–Crippen LogP) is 3.09. The van der Waals surface area contributed by atoms with E-state index in [0.717, 1.165) is 12.5 Å². The zero-order valence-electron chi connectivity index (χ0n) is 10.0. The molecule has 1 aliphatic heterocycles. The SMILES string of the molecule is CC(C)Cc1ccc2c(c1)CCNC2C. The molecule has 0 saturated heterocycles. The van der Waals surface area contributed by atoms with E-state index in [4.69, 9.17) is 0 Å². The maximum atomic E-state index is 3.50. The van der Waals surface area contributed by atoms with Gasteiger partial charge >= 0.3 is 0 Å². The van der Waals surface area contributed by atoms with Crippen molar-refractivity contribution in [3.8, 4) is 0 Å². The van der Waals surface area contributed by atoms with Gasteiger partial charge in [-0.25, -0.2) is 0 Å². The average Bonchev–Trinajstić information content (AvgIpc) is 2.17. The monoisotopic (exact) mass is 203 g/mol. The minimum Gasteiger partial charge on any atom is -0.310 e. The summed E-state index contributed by atoms with van der Waals surface area (Å²) in [5.74, 6) is 0.752. The van der Waals surface area contributed by atoms with E-state index in [0.29, 0.717) is 6.04 Å². The molecule has 0 fully saturated rings. The largest absolute Gasteiger partial charge is 0.310 e. The van der Waals surface area contributed by atoms with Crippen molar-refractivity contribution in [1.29, 1.82) is 0 Å². The fourth-order valence-corrected chi connectivity index (χ4v) is 2.43. The average molecular weight is 203 g/mol. The van der Waals surface area contributed by atoms with Crippen LogP contribution in [0.4, 0.5) is 0 Å². The fourth-order valence-electron chi connectivity index (χ4n) is 2.43. The van der Waals surface area contributed by atoms with Gasteiger partial charge in [0.2, 0.25) is 0 Å². The van der Waals surface area contributed by atoms with E-state index in [2.05, 4.69) is 44.3 Å². The maximum Gasteiger partial charge on any atom is 0.0294 e. The number of nitrogens with one attached hydrogen (secondary N) is 1. The van der Waals surface area contributed by atoms with Crippen molar-refractivity contribution in [2.24, 2.45) is 5.92 Å². The van der Waals surface area contributed by atoms with E-state index < -0.39 is 0 Å². The zero-order chi connectivity index (χ0) is 10.8. The highest BCUT2D eigenvalue weighted by molar-refractivity contribution is 5.36. The van der Waals surface area contributed by atoms with Crippen molar-refractivity contribution in [2.75, 3.05) is 6.54 Å². The van der Waals surface area contributed by atoms with Crippen LogP contribution < -0.4 is 5.32 Å². The van der Waals surface area contributed by atoms with Gasteiger partial charge in [-0.15, -0.1) is 0 Å². The van der Waals surface area contributed by atoms with Gasteiger partial charge in [0.25, 0.3) is 0 Å². The van der Waals surface area contributed by atoms with E-state index >= 15 is 0 Å². The van der Waals surface area contributed by atoms with Crippen molar-refractivity contribution in [3.63, 3.8) is 0 Å². The van der Waals surface area contributed by atoms with Gasteiger partial charge in [-0.3, -0.25) is 0 Å². The lowest BCUT2D eigenvalue weighted by molar-refractivity contribution is 0.539. The molecule has 82 valence electrons. The van der Waals surface area contributed by atoms with E-state index in [1.165, 1.54) is 24.0 Å². The van der Waals surface area contributed by atoms with Gasteiger partial charge in [0.1, 0.15) is 0 Å². The standard InChI is InChI=1S/C14H21N/c1-10(2)8-12-4-5-14-11(3)15-7-6-13(14)9-12/h4-5,9-11,15H,6-8H2,1-3H3. The van der Waals surface area contributed by atoms with Crippen LogP contribution in [0.1, 0.15) is 43.5 Å². The van der Waals surface area contributed by atoms with E-state index in [9.17, 15) is 0 Å². The lowest BCUT2D eigenvalue weighted by atomic mass is 9.91. The van der Waals surface area contributed by atoms with Crippen LogP contribution in [-0.2, 0) is 12.8 Å².